The lowest BCUT2D eigenvalue weighted by Crippen LogP contribution is -2.04. The van der Waals surface area contributed by atoms with Gasteiger partial charge in [-0.15, -0.1) is 0 Å². The van der Waals surface area contributed by atoms with E-state index in [0.29, 0.717) is 5.69 Å². The first-order valence-electron chi connectivity index (χ1n) is 4.07. The first kappa shape index (κ1) is 9.70. The summed E-state index contributed by atoms with van der Waals surface area (Å²) in [4.78, 5) is 3.40. The Labute approximate surface area is 82.9 Å². The van der Waals surface area contributed by atoms with Crippen LogP contribution in [0.3, 0.4) is 0 Å². The topological polar surface area (TPSA) is 30.2 Å². The number of alkyl halides is 3. The van der Waals surface area contributed by atoms with Gasteiger partial charge in [0.25, 0.3) is 0 Å². The molecule has 6 heteroatoms. The zero-order valence-electron chi connectivity index (χ0n) is 7.49. The summed E-state index contributed by atoms with van der Waals surface area (Å²) in [7, 11) is 0. The second-order valence-electron chi connectivity index (χ2n) is 2.89. The van der Waals surface area contributed by atoms with Gasteiger partial charge in [-0.1, -0.05) is 6.58 Å². The Hall–Kier alpha value is -1.85. The van der Waals surface area contributed by atoms with Crippen molar-refractivity contribution in [2.75, 3.05) is 0 Å². The highest BCUT2D eigenvalue weighted by molar-refractivity contribution is 5.46. The molecule has 2 aromatic heterocycles. The Morgan fingerprint density at radius 1 is 1.33 bits per heavy atom. The lowest BCUT2D eigenvalue weighted by atomic mass is 10.4. The van der Waals surface area contributed by atoms with Crippen molar-refractivity contribution in [3.8, 4) is 0 Å². The van der Waals surface area contributed by atoms with Crippen LogP contribution in [-0.4, -0.2) is 14.6 Å². The second-order valence-corrected chi connectivity index (χ2v) is 2.89. The fourth-order valence-corrected chi connectivity index (χ4v) is 1.14. The van der Waals surface area contributed by atoms with Gasteiger partial charge in [0.15, 0.2) is 11.3 Å². The highest BCUT2D eigenvalue weighted by atomic mass is 19.4. The van der Waals surface area contributed by atoms with Gasteiger partial charge >= 0.3 is 6.18 Å². The van der Waals surface area contributed by atoms with Crippen molar-refractivity contribution < 1.29 is 13.2 Å². The number of aromatic nitrogens is 3. The van der Waals surface area contributed by atoms with Crippen molar-refractivity contribution in [3.63, 3.8) is 0 Å². The first-order chi connectivity index (χ1) is 7.00. The average molecular weight is 213 g/mol. The number of fused-ring (bicyclic) bond motifs is 1. The maximum Gasteiger partial charge on any atom is 0.434 e. The summed E-state index contributed by atoms with van der Waals surface area (Å²) in [6.45, 7) is 3.47. The Morgan fingerprint density at radius 2 is 2.07 bits per heavy atom. The molecule has 0 bridgehead atoms. The van der Waals surface area contributed by atoms with E-state index in [0.717, 1.165) is 10.7 Å². The third-order valence-corrected chi connectivity index (χ3v) is 1.84. The minimum Gasteiger partial charge on any atom is -0.223 e. The number of rotatable bonds is 1. The summed E-state index contributed by atoms with van der Waals surface area (Å²) in [6, 6.07) is 3.01. The van der Waals surface area contributed by atoms with Gasteiger partial charge in [0.1, 0.15) is 0 Å². The van der Waals surface area contributed by atoms with E-state index in [9.17, 15) is 13.2 Å². The molecule has 0 spiro atoms. The third-order valence-electron chi connectivity index (χ3n) is 1.84. The molecule has 3 nitrogen and oxygen atoms in total. The molecule has 78 valence electrons. The van der Waals surface area contributed by atoms with Crippen molar-refractivity contribution >= 4 is 11.7 Å². The van der Waals surface area contributed by atoms with Gasteiger partial charge in [0.2, 0.25) is 0 Å². The first-order valence-corrected chi connectivity index (χ1v) is 4.07. The average Bonchev–Trinajstić information content (AvgIpc) is 2.59. The lowest BCUT2D eigenvalue weighted by molar-refractivity contribution is -0.140. The van der Waals surface area contributed by atoms with Crippen LogP contribution in [0.2, 0.25) is 0 Å². The standard InChI is InChI=1S/C9H6F3N3/c1-2-6-3-4-8-13-7(9(10,11)12)5-15(8)14-6/h2-5H,1H2. The number of halogens is 3. The molecule has 0 aliphatic carbocycles. The molecule has 2 aromatic rings. The molecular weight excluding hydrogens is 207 g/mol. The van der Waals surface area contributed by atoms with E-state index in [1.54, 1.807) is 6.07 Å². The van der Waals surface area contributed by atoms with Crippen LogP contribution in [0.15, 0.2) is 24.9 Å². The molecule has 15 heavy (non-hydrogen) atoms. The monoisotopic (exact) mass is 213 g/mol. The van der Waals surface area contributed by atoms with E-state index in [1.807, 2.05) is 0 Å². The van der Waals surface area contributed by atoms with Crippen LogP contribution in [0.25, 0.3) is 11.7 Å². The number of nitrogens with zero attached hydrogens (tertiary/aromatic N) is 3. The van der Waals surface area contributed by atoms with Gasteiger partial charge in [0, 0.05) is 0 Å². The van der Waals surface area contributed by atoms with Crippen LogP contribution in [0.1, 0.15) is 11.4 Å². The van der Waals surface area contributed by atoms with Gasteiger partial charge in [-0.2, -0.15) is 18.3 Å². The molecule has 0 aliphatic heterocycles. The molecule has 0 saturated carbocycles. The maximum atomic E-state index is 12.3. The predicted molar refractivity (Wildman–Crippen MR) is 48.1 cm³/mol. The van der Waals surface area contributed by atoms with E-state index >= 15 is 0 Å². The summed E-state index contributed by atoms with van der Waals surface area (Å²) in [6.07, 6.45) is -2.14. The van der Waals surface area contributed by atoms with E-state index in [1.165, 1.54) is 12.1 Å². The summed E-state index contributed by atoms with van der Waals surface area (Å²) < 4.78 is 37.9. The summed E-state index contributed by atoms with van der Waals surface area (Å²) in [5.74, 6) is 0. The molecule has 0 amide bonds. The van der Waals surface area contributed by atoms with Crippen molar-refractivity contribution in [1.82, 2.24) is 14.6 Å². The number of hydrogen-bond donors (Lipinski definition) is 0. The minimum atomic E-state index is -4.44. The highest BCUT2D eigenvalue weighted by Gasteiger charge is 2.34. The van der Waals surface area contributed by atoms with Crippen molar-refractivity contribution in [1.29, 1.82) is 0 Å². The molecule has 0 radical (unpaired) electrons. The molecule has 0 aromatic carbocycles. The van der Waals surface area contributed by atoms with Crippen LogP contribution in [0.4, 0.5) is 13.2 Å². The summed E-state index contributed by atoms with van der Waals surface area (Å²) >= 11 is 0. The predicted octanol–water partition coefficient (Wildman–Crippen LogP) is 2.39. The van der Waals surface area contributed by atoms with Crippen molar-refractivity contribution in [3.05, 3.63) is 36.3 Å². The molecular formula is C9H6F3N3. The fraction of sp³-hybridized carbons (Fsp3) is 0.111. The molecule has 2 rings (SSSR count). The SMILES string of the molecule is C=Cc1ccc2nc(C(F)(F)F)cn2n1. The van der Waals surface area contributed by atoms with E-state index in [4.69, 9.17) is 0 Å². The third kappa shape index (κ3) is 1.70. The highest BCUT2D eigenvalue weighted by Crippen LogP contribution is 2.28. The van der Waals surface area contributed by atoms with E-state index in [2.05, 4.69) is 16.7 Å². The summed E-state index contributed by atoms with van der Waals surface area (Å²) in [5, 5.41) is 3.86. The maximum absolute atomic E-state index is 12.3. The van der Waals surface area contributed by atoms with Crippen molar-refractivity contribution in [2.45, 2.75) is 6.18 Å². The normalized spacial score (nSPS) is 11.9. The van der Waals surface area contributed by atoms with Gasteiger partial charge in [-0.3, -0.25) is 0 Å². The quantitative estimate of drug-likeness (QED) is 0.728. The molecule has 0 fully saturated rings. The molecule has 2 heterocycles. The van der Waals surface area contributed by atoms with Gasteiger partial charge < -0.3 is 0 Å². The zero-order chi connectivity index (χ0) is 11.1. The largest absolute Gasteiger partial charge is 0.434 e. The fourth-order valence-electron chi connectivity index (χ4n) is 1.14. The smallest absolute Gasteiger partial charge is 0.223 e. The minimum absolute atomic E-state index is 0.160. The number of hydrogen-bond acceptors (Lipinski definition) is 2. The van der Waals surface area contributed by atoms with Crippen LogP contribution < -0.4 is 0 Å². The van der Waals surface area contributed by atoms with Crippen LogP contribution in [-0.2, 0) is 6.18 Å². The van der Waals surface area contributed by atoms with Crippen molar-refractivity contribution in [2.24, 2.45) is 0 Å². The van der Waals surface area contributed by atoms with E-state index < -0.39 is 11.9 Å². The van der Waals surface area contributed by atoms with Gasteiger partial charge in [0.05, 0.1) is 11.9 Å². The molecule has 0 unspecified atom stereocenters. The Balaban J connectivity index is 2.61. The van der Waals surface area contributed by atoms with Crippen LogP contribution in [0.5, 0.6) is 0 Å². The molecule has 0 saturated heterocycles. The number of imidazole rings is 1. The van der Waals surface area contributed by atoms with Crippen LogP contribution >= 0.6 is 0 Å². The molecule has 0 aliphatic rings. The second kappa shape index (κ2) is 3.08. The summed E-state index contributed by atoms with van der Waals surface area (Å²) in [5.41, 5.74) is -0.294. The zero-order valence-corrected chi connectivity index (χ0v) is 7.49. The Kier molecular flexibility index (Phi) is 1.99. The van der Waals surface area contributed by atoms with Gasteiger partial charge in [-0.25, -0.2) is 9.50 Å². The molecule has 0 atom stereocenters. The van der Waals surface area contributed by atoms with Gasteiger partial charge in [-0.05, 0) is 18.2 Å². The van der Waals surface area contributed by atoms with E-state index in [-0.39, 0.29) is 5.65 Å². The lowest BCUT2D eigenvalue weighted by Gasteiger charge is -1.98. The Morgan fingerprint density at radius 3 is 2.67 bits per heavy atom. The van der Waals surface area contributed by atoms with Crippen LogP contribution in [0, 0.1) is 0 Å². The Bertz CT molecular complexity index is 513. The molecule has 0 N–H and O–H groups in total.